The number of hydrogen-bond donors (Lipinski definition) is 2. The summed E-state index contributed by atoms with van der Waals surface area (Å²) >= 11 is 0. The van der Waals surface area contributed by atoms with Crippen LogP contribution in [0, 0.1) is 58.2 Å². The molecule has 2 aromatic rings. The number of hydrogen-bond acceptors (Lipinski definition) is 5. The van der Waals surface area contributed by atoms with Gasteiger partial charge in [-0.25, -0.2) is 0 Å². The molecule has 1 aromatic carbocycles. The minimum absolute atomic E-state index is 0.0605. The van der Waals surface area contributed by atoms with Crippen LogP contribution in [0.1, 0.15) is 115 Å². The molecule has 3 aliphatic heterocycles. The van der Waals surface area contributed by atoms with Crippen molar-refractivity contribution in [2.45, 2.75) is 122 Å². The normalized spacial score (nSPS) is 43.2. The van der Waals surface area contributed by atoms with Gasteiger partial charge in [0.25, 0.3) is 0 Å². The highest BCUT2D eigenvalue weighted by Crippen LogP contribution is 2.68. The maximum absolute atomic E-state index is 12.1. The summed E-state index contributed by atoms with van der Waals surface area (Å²) in [5, 5.41) is 23.6. The summed E-state index contributed by atoms with van der Waals surface area (Å²) in [5.41, 5.74) is 4.02. The van der Waals surface area contributed by atoms with Crippen LogP contribution in [-0.4, -0.2) is 52.4 Å². The van der Waals surface area contributed by atoms with E-state index in [1.54, 1.807) is 7.11 Å². The smallest absolute Gasteiger partial charge is 0.119 e. The predicted molar refractivity (Wildman–Crippen MR) is 194 cm³/mol. The van der Waals surface area contributed by atoms with Gasteiger partial charge in [-0.15, -0.1) is 6.58 Å². The van der Waals surface area contributed by atoms with E-state index >= 15 is 0 Å². The predicted octanol–water partition coefficient (Wildman–Crippen LogP) is 8.76. The van der Waals surface area contributed by atoms with Crippen molar-refractivity contribution in [3.63, 3.8) is 0 Å². The van der Waals surface area contributed by atoms with Crippen LogP contribution in [-0.2, 0) is 6.42 Å². The number of aromatic nitrogens is 1. The number of aliphatic hydroxyl groups excluding tert-OH is 2. The Hall–Kier alpha value is -1.95. The van der Waals surface area contributed by atoms with Crippen LogP contribution in [0.4, 0.5) is 0 Å². The Morgan fingerprint density at radius 3 is 2.60 bits per heavy atom. The first-order valence-corrected chi connectivity index (χ1v) is 19.8. The van der Waals surface area contributed by atoms with Crippen molar-refractivity contribution < 1.29 is 14.9 Å². The van der Waals surface area contributed by atoms with E-state index in [9.17, 15) is 10.2 Å². The van der Waals surface area contributed by atoms with Gasteiger partial charge in [0.2, 0.25) is 0 Å². The van der Waals surface area contributed by atoms with E-state index in [0.717, 1.165) is 103 Å². The van der Waals surface area contributed by atoms with Gasteiger partial charge >= 0.3 is 0 Å². The number of fused-ring (bicyclic) bond motifs is 9. The quantitative estimate of drug-likeness (QED) is 0.279. The molecule has 48 heavy (non-hydrogen) atoms. The van der Waals surface area contributed by atoms with Crippen molar-refractivity contribution in [3.8, 4) is 5.75 Å². The molecule has 4 aliphatic carbocycles. The topological polar surface area (TPSA) is 65.8 Å². The average molecular weight is 655 g/mol. The molecule has 7 aliphatic rings. The molecule has 4 heterocycles. The molecule has 9 rings (SSSR count). The summed E-state index contributed by atoms with van der Waals surface area (Å²) in [4.78, 5) is 7.72. The Morgan fingerprint density at radius 1 is 1.02 bits per heavy atom. The molecule has 5 heteroatoms. The van der Waals surface area contributed by atoms with Crippen molar-refractivity contribution in [3.05, 3.63) is 48.2 Å². The molecule has 2 N–H and O–H groups in total. The van der Waals surface area contributed by atoms with E-state index in [2.05, 4.69) is 56.5 Å². The minimum atomic E-state index is -0.540. The van der Waals surface area contributed by atoms with E-state index < -0.39 is 6.10 Å². The Kier molecular flexibility index (Phi) is 8.77. The number of piperidine rings is 3. The van der Waals surface area contributed by atoms with Gasteiger partial charge in [0.1, 0.15) is 5.75 Å². The number of nitrogens with zero attached hydrogens (tertiary/aromatic N) is 2. The van der Waals surface area contributed by atoms with Crippen LogP contribution in [0.15, 0.2) is 36.9 Å². The molecule has 0 spiro atoms. The zero-order valence-corrected chi connectivity index (χ0v) is 30.2. The second kappa shape index (κ2) is 12.7. The highest BCUT2D eigenvalue weighted by molar-refractivity contribution is 5.84. The first-order valence-electron chi connectivity index (χ1n) is 19.8. The summed E-state index contributed by atoms with van der Waals surface area (Å²) in [6.45, 7) is 14.0. The van der Waals surface area contributed by atoms with E-state index in [1.165, 1.54) is 51.4 Å². The number of benzene rings is 1. The summed E-state index contributed by atoms with van der Waals surface area (Å²) < 4.78 is 5.63. The molecule has 14 atom stereocenters. The van der Waals surface area contributed by atoms with Crippen molar-refractivity contribution in [2.75, 3.05) is 20.2 Å². The van der Waals surface area contributed by atoms with Crippen LogP contribution in [0.3, 0.4) is 0 Å². The van der Waals surface area contributed by atoms with Crippen LogP contribution >= 0.6 is 0 Å². The van der Waals surface area contributed by atoms with E-state index in [1.807, 2.05) is 6.07 Å². The number of aryl methyl sites for hydroxylation is 1. The molecular formula is C43H62N2O3. The number of aliphatic hydroxyl groups is 2. The Bertz CT molecular complexity index is 1510. The number of rotatable bonds is 8. The molecule has 262 valence electrons. The van der Waals surface area contributed by atoms with Crippen molar-refractivity contribution in [1.29, 1.82) is 0 Å². The van der Waals surface area contributed by atoms with E-state index in [4.69, 9.17) is 9.72 Å². The summed E-state index contributed by atoms with van der Waals surface area (Å²) in [6, 6.07) is 8.57. The first kappa shape index (κ1) is 33.2. The fourth-order valence-electron chi connectivity index (χ4n) is 13.5. The van der Waals surface area contributed by atoms with Gasteiger partial charge in [0.15, 0.2) is 0 Å². The molecule has 7 fully saturated rings. The lowest BCUT2D eigenvalue weighted by Gasteiger charge is -2.61. The third-order valence-electron chi connectivity index (χ3n) is 16.2. The number of methoxy groups -OCH3 is 1. The van der Waals surface area contributed by atoms with Gasteiger partial charge in [0, 0.05) is 23.7 Å². The third-order valence-corrected chi connectivity index (χ3v) is 16.2. The maximum atomic E-state index is 12.1. The highest BCUT2D eigenvalue weighted by atomic mass is 16.5. The van der Waals surface area contributed by atoms with Crippen molar-refractivity contribution >= 4 is 10.9 Å². The number of ether oxygens (including phenoxy) is 1. The fraction of sp³-hybridized carbons (Fsp3) is 0.744. The monoisotopic (exact) mass is 654 g/mol. The molecule has 4 saturated carbocycles. The minimum Gasteiger partial charge on any atom is -0.497 e. The molecule has 0 radical (unpaired) electrons. The van der Waals surface area contributed by atoms with Crippen molar-refractivity contribution in [1.82, 2.24) is 9.88 Å². The molecule has 2 bridgehead atoms. The first-order chi connectivity index (χ1) is 23.1. The van der Waals surface area contributed by atoms with Crippen LogP contribution < -0.4 is 4.74 Å². The molecule has 3 saturated heterocycles. The van der Waals surface area contributed by atoms with Gasteiger partial charge in [0.05, 0.1) is 24.8 Å². The zero-order chi connectivity index (χ0) is 33.4. The lowest BCUT2D eigenvalue weighted by Crippen LogP contribution is -2.54. The summed E-state index contributed by atoms with van der Waals surface area (Å²) in [6.07, 6.45) is 17.5. The average Bonchev–Trinajstić information content (AvgIpc) is 3.47. The number of pyridine rings is 1. The third kappa shape index (κ3) is 5.39. The van der Waals surface area contributed by atoms with Gasteiger partial charge in [-0.3, -0.25) is 9.88 Å². The molecule has 0 amide bonds. The Morgan fingerprint density at radius 2 is 1.83 bits per heavy atom. The highest BCUT2D eigenvalue weighted by Gasteiger charge is 2.60. The van der Waals surface area contributed by atoms with Crippen LogP contribution in [0.5, 0.6) is 5.75 Å². The lowest BCUT2D eigenvalue weighted by molar-refractivity contribution is -0.129. The fourth-order valence-corrected chi connectivity index (χ4v) is 13.5. The van der Waals surface area contributed by atoms with Gasteiger partial charge in [-0.2, -0.15) is 0 Å². The van der Waals surface area contributed by atoms with Gasteiger partial charge in [-0.1, -0.05) is 26.8 Å². The molecule has 1 unspecified atom stereocenters. The molecular weight excluding hydrogens is 592 g/mol. The van der Waals surface area contributed by atoms with Crippen LogP contribution in [0.25, 0.3) is 10.9 Å². The van der Waals surface area contributed by atoms with Gasteiger partial charge in [-0.05, 0) is 178 Å². The Labute approximate surface area is 289 Å². The van der Waals surface area contributed by atoms with E-state index in [-0.39, 0.29) is 12.1 Å². The lowest BCUT2D eigenvalue weighted by atomic mass is 9.44. The molecule has 1 aromatic heterocycles. The standard InChI is InChI=1S/C43H62N2O3/c1-6-27-25-45-20-17-28(27)21-40(45)41(47)35-23-30(44-39-14-10-32(48-5)24-34(35)39)9-7-26(2)36-12-13-37-33-11-8-29-22-31(46)15-18-42(29,3)38(33)16-19-43(36,37)4/h6,10,14,23-24,26-29,31,33,36-38,40-41,46-47H,1,7-9,11-13,15-22,25H2,2-5H3/t26-,27+,28+,29-,31-,33+,36-,37+,38+,40+,41+,42+,43-/m1/s1. The van der Waals surface area contributed by atoms with E-state index in [0.29, 0.717) is 28.6 Å². The SMILES string of the molecule is C=C[C@H]1CN2CC[C@H]1C[C@H]2[C@@H](O)c1cc(CC[C@@H](C)[C@H]2CC[C@H]3[C@@H]4CC[C@@H]5C[C@H](O)CC[C@]5(C)[C@H]4CC[C@]23C)nc2ccc(OC)cc12. The second-order valence-corrected chi connectivity index (χ2v) is 18.1. The van der Waals surface area contributed by atoms with Crippen molar-refractivity contribution in [2.24, 2.45) is 58.2 Å². The zero-order valence-electron chi connectivity index (χ0n) is 30.2. The second-order valence-electron chi connectivity index (χ2n) is 18.1. The molecule has 5 nitrogen and oxygen atoms in total. The summed E-state index contributed by atoms with van der Waals surface area (Å²) in [5.74, 6) is 6.76. The maximum Gasteiger partial charge on any atom is 0.119 e. The van der Waals surface area contributed by atoms with Crippen LogP contribution in [0.2, 0.25) is 0 Å². The summed E-state index contributed by atoms with van der Waals surface area (Å²) in [7, 11) is 1.72. The van der Waals surface area contributed by atoms with Gasteiger partial charge < -0.3 is 14.9 Å². The Balaban J connectivity index is 0.996. The largest absolute Gasteiger partial charge is 0.497 e.